The van der Waals surface area contributed by atoms with Crippen LogP contribution in [0.4, 0.5) is 0 Å². The first kappa shape index (κ1) is 17.0. The van der Waals surface area contributed by atoms with E-state index in [1.54, 1.807) is 25.7 Å². The molecule has 1 atom stereocenters. The molecule has 3 rings (SSSR count). The number of hydrogen-bond acceptors (Lipinski definition) is 3. The van der Waals surface area contributed by atoms with Crippen molar-refractivity contribution in [3.05, 3.63) is 36.5 Å². The topological polar surface area (TPSA) is 59.4 Å². The van der Waals surface area contributed by atoms with Gasteiger partial charge in [-0.15, -0.1) is 0 Å². The fourth-order valence-electron chi connectivity index (χ4n) is 3.23. The molecular weight excluding hydrogens is 324 g/mol. The van der Waals surface area contributed by atoms with Gasteiger partial charge < -0.3 is 9.47 Å². The molecule has 5 nitrogen and oxygen atoms in total. The average Bonchev–Trinajstić information content (AvgIpc) is 3.14. The maximum Gasteiger partial charge on any atom is 0.242 e. The van der Waals surface area contributed by atoms with Crippen LogP contribution in [0.5, 0.6) is 0 Å². The molecule has 1 aromatic carbocycles. The van der Waals surface area contributed by atoms with E-state index in [4.69, 9.17) is 0 Å². The van der Waals surface area contributed by atoms with Crippen molar-refractivity contribution in [1.29, 1.82) is 0 Å². The zero-order valence-electron chi connectivity index (χ0n) is 14.4. The number of sulfone groups is 1. The lowest BCUT2D eigenvalue weighted by Crippen LogP contribution is -2.40. The second kappa shape index (κ2) is 5.92. The van der Waals surface area contributed by atoms with E-state index in [1.165, 1.54) is 0 Å². The van der Waals surface area contributed by atoms with Crippen LogP contribution in [-0.4, -0.2) is 46.9 Å². The summed E-state index contributed by atoms with van der Waals surface area (Å²) in [7, 11) is -3.24. The van der Waals surface area contributed by atoms with Crippen LogP contribution in [0.25, 0.3) is 10.9 Å². The van der Waals surface area contributed by atoms with Crippen molar-refractivity contribution in [3.63, 3.8) is 0 Å². The molecule has 1 unspecified atom stereocenters. The normalized spacial score (nSPS) is 19.1. The highest BCUT2D eigenvalue weighted by Crippen LogP contribution is 2.27. The van der Waals surface area contributed by atoms with Gasteiger partial charge in [0, 0.05) is 24.8 Å². The van der Waals surface area contributed by atoms with Crippen molar-refractivity contribution in [2.45, 2.75) is 43.7 Å². The number of hydrogen-bond donors (Lipinski definition) is 0. The number of nitrogens with zero attached hydrogens (tertiary/aromatic N) is 2. The summed E-state index contributed by atoms with van der Waals surface area (Å²) in [5, 5.41) is 0.641. The summed E-state index contributed by atoms with van der Waals surface area (Å²) in [4.78, 5) is 14.3. The Morgan fingerprint density at radius 2 is 1.92 bits per heavy atom. The van der Waals surface area contributed by atoms with E-state index in [-0.39, 0.29) is 12.5 Å². The molecule has 2 aromatic rings. The summed E-state index contributed by atoms with van der Waals surface area (Å²) in [6, 6.07) is 9.90. The van der Waals surface area contributed by atoms with Crippen LogP contribution in [0, 0.1) is 0 Å². The molecule has 1 aromatic heterocycles. The molecule has 130 valence electrons. The molecule has 2 heterocycles. The minimum absolute atomic E-state index is 0.0250. The van der Waals surface area contributed by atoms with Gasteiger partial charge in [-0.25, -0.2) is 8.42 Å². The predicted molar refractivity (Wildman–Crippen MR) is 95.6 cm³/mol. The third-order valence-corrected chi connectivity index (χ3v) is 7.75. The molecule has 0 radical (unpaired) electrons. The highest BCUT2D eigenvalue weighted by Gasteiger charge is 2.41. The lowest BCUT2D eigenvalue weighted by Gasteiger charge is -2.24. The van der Waals surface area contributed by atoms with Gasteiger partial charge in [0.05, 0.1) is 10.00 Å². The molecular formula is C18H24N2O3S. The Hall–Kier alpha value is -1.82. The van der Waals surface area contributed by atoms with E-state index < -0.39 is 19.8 Å². The Labute approximate surface area is 143 Å². The molecule has 0 aliphatic carbocycles. The van der Waals surface area contributed by atoms with Crippen molar-refractivity contribution >= 4 is 26.6 Å². The first-order valence-electron chi connectivity index (χ1n) is 8.25. The fraction of sp³-hybridized carbons (Fsp3) is 0.500. The Morgan fingerprint density at radius 3 is 2.62 bits per heavy atom. The number of benzene rings is 1. The number of carbonyl (C=O) groups excluding carboxylic acids is 1. The molecule has 0 N–H and O–H groups in total. The van der Waals surface area contributed by atoms with Crippen LogP contribution in [0.3, 0.4) is 0 Å². The minimum atomic E-state index is -3.24. The van der Waals surface area contributed by atoms with Gasteiger partial charge in [0.25, 0.3) is 0 Å². The van der Waals surface area contributed by atoms with Gasteiger partial charge >= 0.3 is 0 Å². The number of carbonyl (C=O) groups is 1. The van der Waals surface area contributed by atoms with Gasteiger partial charge in [-0.2, -0.15) is 0 Å². The minimum Gasteiger partial charge on any atom is -0.340 e. The third-order valence-electron chi connectivity index (χ3n) is 4.78. The molecule has 0 spiro atoms. The molecule has 1 saturated heterocycles. The van der Waals surface area contributed by atoms with Crippen LogP contribution < -0.4 is 0 Å². The first-order chi connectivity index (χ1) is 11.2. The van der Waals surface area contributed by atoms with Crippen LogP contribution in [0.15, 0.2) is 36.5 Å². The molecule has 24 heavy (non-hydrogen) atoms. The Balaban J connectivity index is 1.71. The van der Waals surface area contributed by atoms with Crippen molar-refractivity contribution in [2.24, 2.45) is 0 Å². The molecule has 1 aliphatic heterocycles. The zero-order valence-corrected chi connectivity index (χ0v) is 15.2. The summed E-state index contributed by atoms with van der Waals surface area (Å²) in [6.07, 6.45) is 2.43. The number of aromatic nitrogens is 1. The van der Waals surface area contributed by atoms with E-state index >= 15 is 0 Å². The third kappa shape index (κ3) is 2.95. The van der Waals surface area contributed by atoms with E-state index in [2.05, 4.69) is 0 Å². The second-order valence-corrected chi connectivity index (χ2v) is 10.4. The number of likely N-dealkylation sites (tertiary alicyclic amines) is 1. The smallest absolute Gasteiger partial charge is 0.242 e. The summed E-state index contributed by atoms with van der Waals surface area (Å²) in [6.45, 7) is 6.22. The van der Waals surface area contributed by atoms with E-state index in [1.807, 2.05) is 41.1 Å². The Morgan fingerprint density at radius 1 is 1.21 bits per heavy atom. The van der Waals surface area contributed by atoms with Gasteiger partial charge in [-0.1, -0.05) is 18.2 Å². The summed E-state index contributed by atoms with van der Waals surface area (Å²) >= 11 is 0. The number of amides is 1. The van der Waals surface area contributed by atoms with Gasteiger partial charge in [0.2, 0.25) is 5.91 Å². The zero-order chi connectivity index (χ0) is 17.5. The quantitative estimate of drug-likeness (QED) is 0.856. The SMILES string of the molecule is CC(C)(C)S(=O)(=O)C1CCN(C(=O)Cn2ccc3ccccc32)C1. The summed E-state index contributed by atoms with van der Waals surface area (Å²) in [5.74, 6) is -0.0250. The van der Waals surface area contributed by atoms with Crippen LogP contribution >= 0.6 is 0 Å². The van der Waals surface area contributed by atoms with Gasteiger partial charge in [0.15, 0.2) is 9.84 Å². The average molecular weight is 348 g/mol. The molecule has 1 fully saturated rings. The predicted octanol–water partition coefficient (Wildman–Crippen LogP) is 2.46. The van der Waals surface area contributed by atoms with Crippen LogP contribution in [-0.2, 0) is 21.2 Å². The van der Waals surface area contributed by atoms with Crippen molar-refractivity contribution < 1.29 is 13.2 Å². The molecule has 1 amide bonds. The number of para-hydroxylation sites is 1. The molecule has 0 saturated carbocycles. The highest BCUT2D eigenvalue weighted by molar-refractivity contribution is 7.93. The molecule has 6 heteroatoms. The largest absolute Gasteiger partial charge is 0.340 e. The van der Waals surface area contributed by atoms with E-state index in [9.17, 15) is 13.2 Å². The summed E-state index contributed by atoms with van der Waals surface area (Å²) in [5.41, 5.74) is 1.02. The van der Waals surface area contributed by atoms with Gasteiger partial charge in [-0.05, 0) is 44.7 Å². The van der Waals surface area contributed by atoms with Gasteiger partial charge in [-0.3, -0.25) is 4.79 Å². The van der Waals surface area contributed by atoms with Crippen molar-refractivity contribution in [3.8, 4) is 0 Å². The second-order valence-electron chi connectivity index (χ2n) is 7.41. The Bertz CT molecular complexity index is 862. The number of rotatable bonds is 3. The van der Waals surface area contributed by atoms with Crippen LogP contribution in [0.1, 0.15) is 27.2 Å². The standard InChI is InChI=1S/C18H24N2O3S/c1-18(2,3)24(22,23)15-9-11-20(12-15)17(21)13-19-10-8-14-6-4-5-7-16(14)19/h4-8,10,15H,9,11-13H2,1-3H3. The summed E-state index contributed by atoms with van der Waals surface area (Å²) < 4.78 is 26.3. The highest BCUT2D eigenvalue weighted by atomic mass is 32.2. The van der Waals surface area contributed by atoms with E-state index in [0.29, 0.717) is 19.5 Å². The maximum absolute atomic E-state index is 12.6. The van der Waals surface area contributed by atoms with Crippen molar-refractivity contribution in [2.75, 3.05) is 13.1 Å². The fourth-order valence-corrected chi connectivity index (χ4v) is 5.02. The molecule has 0 bridgehead atoms. The van der Waals surface area contributed by atoms with Crippen LogP contribution in [0.2, 0.25) is 0 Å². The van der Waals surface area contributed by atoms with E-state index in [0.717, 1.165) is 10.9 Å². The molecule has 1 aliphatic rings. The lowest BCUT2D eigenvalue weighted by molar-refractivity contribution is -0.130. The lowest BCUT2D eigenvalue weighted by atomic mass is 10.2. The maximum atomic E-state index is 12.6. The van der Waals surface area contributed by atoms with Crippen molar-refractivity contribution in [1.82, 2.24) is 9.47 Å². The monoisotopic (exact) mass is 348 g/mol. The Kier molecular flexibility index (Phi) is 4.20. The first-order valence-corrected chi connectivity index (χ1v) is 9.80. The number of fused-ring (bicyclic) bond motifs is 1. The van der Waals surface area contributed by atoms with Gasteiger partial charge in [0.1, 0.15) is 6.54 Å².